The zero-order valence-electron chi connectivity index (χ0n) is 17.2. The molecule has 0 saturated heterocycles. The number of hydrogen-bond acceptors (Lipinski definition) is 3. The van der Waals surface area contributed by atoms with E-state index in [4.69, 9.17) is 5.11 Å². The van der Waals surface area contributed by atoms with Gasteiger partial charge in [-0.3, -0.25) is 9.59 Å². The largest absolute Gasteiger partial charge is 0.481 e. The van der Waals surface area contributed by atoms with E-state index in [0.717, 1.165) is 69.8 Å². The lowest BCUT2D eigenvalue weighted by atomic mass is 9.84. The quantitative estimate of drug-likeness (QED) is 0.420. The molecule has 4 nitrogen and oxygen atoms in total. The summed E-state index contributed by atoms with van der Waals surface area (Å²) in [6.07, 6.45) is 10.1. The number of rotatable bonds is 13. The molecule has 2 rings (SSSR count). The van der Waals surface area contributed by atoms with Crippen molar-refractivity contribution in [2.45, 2.75) is 96.0 Å². The van der Waals surface area contributed by atoms with E-state index in [1.165, 1.54) is 5.56 Å². The van der Waals surface area contributed by atoms with Gasteiger partial charge in [0.25, 0.3) is 0 Å². The van der Waals surface area contributed by atoms with E-state index in [0.29, 0.717) is 12.2 Å². The molecule has 4 heteroatoms. The number of unbranched alkanes of at least 4 members (excludes halogenated alkanes) is 5. The van der Waals surface area contributed by atoms with Crippen LogP contribution < -0.4 is 0 Å². The van der Waals surface area contributed by atoms with Crippen LogP contribution in [0.5, 0.6) is 0 Å². The number of ketones is 1. The normalized spacial score (nSPS) is 20.4. The molecule has 0 radical (unpaired) electrons. The molecule has 0 aromatic heterocycles. The zero-order chi connectivity index (χ0) is 20.4. The maximum atomic E-state index is 12.4. The molecule has 1 saturated carbocycles. The summed E-state index contributed by atoms with van der Waals surface area (Å²) >= 11 is 0. The molecular weight excluding hydrogens is 352 g/mol. The number of benzene rings is 1. The summed E-state index contributed by atoms with van der Waals surface area (Å²) in [5.41, 5.74) is 2.19. The van der Waals surface area contributed by atoms with Crippen molar-refractivity contribution >= 4 is 11.8 Å². The minimum Gasteiger partial charge on any atom is -0.481 e. The van der Waals surface area contributed by atoms with Crippen LogP contribution in [0, 0.1) is 5.92 Å². The molecule has 1 unspecified atom stereocenters. The molecule has 1 fully saturated rings. The van der Waals surface area contributed by atoms with E-state index >= 15 is 0 Å². The Morgan fingerprint density at radius 1 is 1.07 bits per heavy atom. The Hall–Kier alpha value is -1.68. The van der Waals surface area contributed by atoms with E-state index < -0.39 is 12.1 Å². The van der Waals surface area contributed by atoms with Gasteiger partial charge in [0, 0.05) is 18.8 Å². The van der Waals surface area contributed by atoms with Gasteiger partial charge in [0.15, 0.2) is 0 Å². The first-order valence-electron chi connectivity index (χ1n) is 11.0. The maximum absolute atomic E-state index is 12.4. The SMILES string of the molecule is CCCCC[C@H](O)c1ccc(C2CCC(=O)[C@@H]2CCCCCCC(=O)O)cc1. The second-order valence-electron chi connectivity index (χ2n) is 8.24. The fourth-order valence-corrected chi connectivity index (χ4v) is 4.38. The number of carboxylic acid groups (broad SMARTS) is 1. The smallest absolute Gasteiger partial charge is 0.303 e. The molecule has 1 aliphatic rings. The molecule has 28 heavy (non-hydrogen) atoms. The summed E-state index contributed by atoms with van der Waals surface area (Å²) in [7, 11) is 0. The van der Waals surface area contributed by atoms with Gasteiger partial charge in [-0.2, -0.15) is 0 Å². The number of aliphatic carboxylic acids is 1. The number of hydrogen-bond donors (Lipinski definition) is 2. The zero-order valence-corrected chi connectivity index (χ0v) is 17.2. The van der Waals surface area contributed by atoms with Gasteiger partial charge < -0.3 is 10.2 Å². The van der Waals surface area contributed by atoms with Crippen molar-refractivity contribution in [3.63, 3.8) is 0 Å². The van der Waals surface area contributed by atoms with Crippen molar-refractivity contribution < 1.29 is 19.8 Å². The van der Waals surface area contributed by atoms with Crippen molar-refractivity contribution in [3.05, 3.63) is 35.4 Å². The predicted molar refractivity (Wildman–Crippen MR) is 111 cm³/mol. The summed E-state index contributed by atoms with van der Waals surface area (Å²) in [5, 5.41) is 19.0. The summed E-state index contributed by atoms with van der Waals surface area (Å²) in [6.45, 7) is 2.16. The molecule has 1 aliphatic carbocycles. The molecule has 0 spiro atoms. The molecule has 0 heterocycles. The number of carbonyl (C=O) groups is 2. The Bertz CT molecular complexity index is 608. The standard InChI is InChI=1S/C24H36O4/c1-2-3-6-10-22(25)19-14-12-18(13-15-19)20-16-17-23(26)21(20)9-7-4-5-8-11-24(27)28/h12-15,20-22,25H,2-11,16-17H2,1H3,(H,27,28)/t20?,21-,22+/m1/s1. The number of aliphatic hydroxyl groups excluding tert-OH is 1. The van der Waals surface area contributed by atoms with E-state index in [-0.39, 0.29) is 18.3 Å². The van der Waals surface area contributed by atoms with E-state index in [2.05, 4.69) is 19.1 Å². The van der Waals surface area contributed by atoms with Crippen LogP contribution >= 0.6 is 0 Å². The molecule has 2 N–H and O–H groups in total. The molecular formula is C24H36O4. The van der Waals surface area contributed by atoms with Crippen LogP contribution in [0.3, 0.4) is 0 Å². The minimum atomic E-state index is -0.732. The van der Waals surface area contributed by atoms with Crippen LogP contribution in [0.1, 0.15) is 107 Å². The van der Waals surface area contributed by atoms with Crippen LogP contribution in [-0.2, 0) is 9.59 Å². The minimum absolute atomic E-state index is 0.0970. The third-order valence-corrected chi connectivity index (χ3v) is 6.09. The van der Waals surface area contributed by atoms with Crippen molar-refractivity contribution in [3.8, 4) is 0 Å². The van der Waals surface area contributed by atoms with Gasteiger partial charge in [-0.15, -0.1) is 0 Å². The van der Waals surface area contributed by atoms with Gasteiger partial charge in [0.1, 0.15) is 5.78 Å². The van der Waals surface area contributed by atoms with Gasteiger partial charge in [-0.25, -0.2) is 0 Å². The first-order valence-corrected chi connectivity index (χ1v) is 11.0. The second kappa shape index (κ2) is 12.0. The third kappa shape index (κ3) is 7.05. The molecule has 1 aromatic rings. The monoisotopic (exact) mass is 388 g/mol. The number of Topliss-reactive ketones (excluding diaryl/α,β-unsaturated/α-hetero) is 1. The Balaban J connectivity index is 1.84. The first kappa shape index (κ1) is 22.6. The fourth-order valence-electron chi connectivity index (χ4n) is 4.38. The van der Waals surface area contributed by atoms with E-state index in [9.17, 15) is 14.7 Å². The van der Waals surface area contributed by atoms with Crippen molar-refractivity contribution in [1.82, 2.24) is 0 Å². The summed E-state index contributed by atoms with van der Waals surface area (Å²) in [4.78, 5) is 22.9. The van der Waals surface area contributed by atoms with Crippen LogP contribution in [0.15, 0.2) is 24.3 Å². The highest BCUT2D eigenvalue weighted by molar-refractivity contribution is 5.84. The Morgan fingerprint density at radius 3 is 2.46 bits per heavy atom. The van der Waals surface area contributed by atoms with E-state index in [1.54, 1.807) is 0 Å². The first-order chi connectivity index (χ1) is 13.5. The highest BCUT2D eigenvalue weighted by Gasteiger charge is 2.34. The number of carbonyl (C=O) groups excluding carboxylic acids is 1. The van der Waals surface area contributed by atoms with Gasteiger partial charge in [-0.1, -0.05) is 69.7 Å². The number of carboxylic acids is 1. The molecule has 156 valence electrons. The van der Waals surface area contributed by atoms with Crippen molar-refractivity contribution in [2.75, 3.05) is 0 Å². The average molecular weight is 389 g/mol. The Morgan fingerprint density at radius 2 is 1.79 bits per heavy atom. The fraction of sp³-hybridized carbons (Fsp3) is 0.667. The topological polar surface area (TPSA) is 74.6 Å². The molecule has 0 bridgehead atoms. The molecule has 0 amide bonds. The van der Waals surface area contributed by atoms with Gasteiger partial charge in [0.05, 0.1) is 6.10 Å². The average Bonchev–Trinajstić information content (AvgIpc) is 3.05. The lowest BCUT2D eigenvalue weighted by Gasteiger charge is -2.20. The lowest BCUT2D eigenvalue weighted by Crippen LogP contribution is -2.13. The molecule has 3 atom stereocenters. The van der Waals surface area contributed by atoms with Gasteiger partial charge in [0.2, 0.25) is 0 Å². The summed E-state index contributed by atoms with van der Waals surface area (Å²) in [6, 6.07) is 8.25. The second-order valence-corrected chi connectivity index (χ2v) is 8.24. The lowest BCUT2D eigenvalue weighted by molar-refractivity contribution is -0.137. The predicted octanol–water partition coefficient (Wildman–Crippen LogP) is 5.79. The Labute approximate surface area is 169 Å². The highest BCUT2D eigenvalue weighted by atomic mass is 16.4. The Kier molecular flexibility index (Phi) is 9.69. The van der Waals surface area contributed by atoms with Crippen molar-refractivity contribution in [2.24, 2.45) is 5.92 Å². The van der Waals surface area contributed by atoms with Crippen LogP contribution in [0.25, 0.3) is 0 Å². The summed E-state index contributed by atoms with van der Waals surface area (Å²) < 4.78 is 0. The highest BCUT2D eigenvalue weighted by Crippen LogP contribution is 2.40. The van der Waals surface area contributed by atoms with Gasteiger partial charge in [-0.05, 0) is 42.7 Å². The van der Waals surface area contributed by atoms with E-state index in [1.807, 2.05) is 12.1 Å². The van der Waals surface area contributed by atoms with Crippen LogP contribution in [0.4, 0.5) is 0 Å². The third-order valence-electron chi connectivity index (χ3n) is 6.09. The van der Waals surface area contributed by atoms with Crippen molar-refractivity contribution in [1.29, 1.82) is 0 Å². The molecule has 1 aromatic carbocycles. The maximum Gasteiger partial charge on any atom is 0.303 e. The van der Waals surface area contributed by atoms with Gasteiger partial charge >= 0.3 is 5.97 Å². The number of aliphatic hydroxyl groups is 1. The van der Waals surface area contributed by atoms with Crippen LogP contribution in [-0.4, -0.2) is 22.0 Å². The summed E-state index contributed by atoms with van der Waals surface area (Å²) in [5.74, 6) is 0.0294. The van der Waals surface area contributed by atoms with Crippen LogP contribution in [0.2, 0.25) is 0 Å². The molecule has 0 aliphatic heterocycles.